The molecule has 0 bridgehead atoms. The summed E-state index contributed by atoms with van der Waals surface area (Å²) in [6, 6.07) is 6.17. The maximum Gasteiger partial charge on any atom is 0.408 e. The smallest absolute Gasteiger partial charge is 0.391 e. The maximum absolute atomic E-state index is 9.37. The predicted molar refractivity (Wildman–Crippen MR) is 390 cm³/mol. The molecular weight excluding hydrogens is 1350 g/mol. The Morgan fingerprint density at radius 1 is 0.333 bits per heavy atom. The lowest BCUT2D eigenvalue weighted by Crippen LogP contribution is -2.31. The molecule has 14 unspecified atom stereocenters. The molecule has 28 nitrogen and oxygen atoms in total. The summed E-state index contributed by atoms with van der Waals surface area (Å²) in [6.45, 7) is 44.4. The standard InChI is InChI=1S/C73H137N4O24S/c1-56-41-71(17-18-72(56)74-75-73-76(16)21-40-102-73)77(19-22-80-24-26-82-28-30-84-32-34-86-36-38-88-44-59(4)92-48-63(8)96-52-67(12)100-54-69(14)98-50-65(10)94-46-61(6)90-42-57(2)78)20-23-81-25-27-83-29-31-85-33-35-87-37-39-89-45-60(5)93-49-64(9)97-53-68(13)101-55-70(15)99-51-66(11)95-47-62(7)91-43-58(3)79/h17-18,21,40-41,57-70,78-79H,19-20,22-39,42-55H2,1-16H3/q+1. The second-order valence-electron chi connectivity index (χ2n) is 25.9. The summed E-state index contributed by atoms with van der Waals surface area (Å²) < 4.78 is 130. The van der Waals surface area contributed by atoms with Crippen molar-refractivity contribution in [1.29, 1.82) is 0 Å². The molecule has 0 aliphatic rings. The van der Waals surface area contributed by atoms with Crippen LogP contribution in [-0.4, -0.2) is 320 Å². The first kappa shape index (κ1) is 95.4. The van der Waals surface area contributed by atoms with E-state index in [-0.39, 0.29) is 86.5 Å². The van der Waals surface area contributed by atoms with E-state index in [1.807, 2.05) is 119 Å². The Morgan fingerprint density at radius 2 is 0.578 bits per heavy atom. The van der Waals surface area contributed by atoms with Gasteiger partial charge in [-0.2, -0.15) is 0 Å². The zero-order valence-electron chi connectivity index (χ0n) is 65.1. The zero-order valence-corrected chi connectivity index (χ0v) is 65.9. The molecule has 14 atom stereocenters. The van der Waals surface area contributed by atoms with Gasteiger partial charge in [0.2, 0.25) is 0 Å². The summed E-state index contributed by atoms with van der Waals surface area (Å²) >= 11 is 1.54. The van der Waals surface area contributed by atoms with E-state index in [4.69, 9.17) is 104 Å². The van der Waals surface area contributed by atoms with Gasteiger partial charge in [0.15, 0.2) is 0 Å². The Balaban J connectivity index is 1.49. The SMILES string of the molecule is Cc1cc(N(CCOCCOCCOCCOCCOCC(C)OCC(C)OCC(C)OCC(C)OCC(C)OCC(C)OCC(C)O)CCOCCOCCOCCOCCOCC(C)OCC(C)OCC(C)OCC(C)OCC(C)OCC(C)OCC(C)O)ccc1/N=N/c1scc[n+]1C. The summed E-state index contributed by atoms with van der Waals surface area (Å²) in [7, 11) is 1.95. The monoisotopic (exact) mass is 1490 g/mol. The number of nitrogens with zero attached hydrogens (tertiary/aromatic N) is 4. The third-order valence-electron chi connectivity index (χ3n) is 14.6. The summed E-state index contributed by atoms with van der Waals surface area (Å²) in [5, 5.41) is 30.5. The van der Waals surface area contributed by atoms with Gasteiger partial charge in [0, 0.05) is 24.2 Å². The molecule has 102 heavy (non-hydrogen) atoms. The third-order valence-corrected chi connectivity index (χ3v) is 15.5. The second-order valence-corrected chi connectivity index (χ2v) is 26.8. The van der Waals surface area contributed by atoms with Crippen molar-refractivity contribution in [2.75, 3.05) is 229 Å². The van der Waals surface area contributed by atoms with E-state index in [1.165, 1.54) is 11.3 Å². The number of hydrogen-bond donors (Lipinski definition) is 2. The molecule has 1 aromatic carbocycles. The van der Waals surface area contributed by atoms with Gasteiger partial charge in [0.1, 0.15) is 11.9 Å². The minimum Gasteiger partial charge on any atom is -0.391 e. The van der Waals surface area contributed by atoms with E-state index in [0.29, 0.717) is 211 Å². The molecule has 0 saturated heterocycles. The van der Waals surface area contributed by atoms with Gasteiger partial charge in [-0.05, 0) is 144 Å². The van der Waals surface area contributed by atoms with Crippen molar-refractivity contribution in [3.8, 4) is 0 Å². The first-order valence-electron chi connectivity index (χ1n) is 36.8. The highest BCUT2D eigenvalue weighted by Gasteiger charge is 2.18. The molecule has 1 heterocycles. The van der Waals surface area contributed by atoms with Crippen LogP contribution in [0.2, 0.25) is 0 Å². The van der Waals surface area contributed by atoms with Gasteiger partial charge in [-0.3, -0.25) is 0 Å². The Labute approximate surface area is 615 Å². The van der Waals surface area contributed by atoms with Crippen LogP contribution in [0.4, 0.5) is 16.5 Å². The molecule has 29 heteroatoms. The lowest BCUT2D eigenvalue weighted by Gasteiger charge is -2.25. The van der Waals surface area contributed by atoms with E-state index >= 15 is 0 Å². The Kier molecular flexibility index (Phi) is 59.1. The lowest BCUT2D eigenvalue weighted by molar-refractivity contribution is -0.654. The van der Waals surface area contributed by atoms with Gasteiger partial charge < -0.3 is 119 Å². The van der Waals surface area contributed by atoms with Gasteiger partial charge in [-0.15, -0.1) is 0 Å². The van der Waals surface area contributed by atoms with Gasteiger partial charge in [-0.25, -0.2) is 4.57 Å². The number of rotatable bonds is 73. The Morgan fingerprint density at radius 3 is 0.824 bits per heavy atom. The summed E-state index contributed by atoms with van der Waals surface area (Å²) in [4.78, 5) is 2.24. The molecule has 0 aliphatic heterocycles. The van der Waals surface area contributed by atoms with Crippen molar-refractivity contribution in [3.63, 3.8) is 0 Å². The predicted octanol–water partition coefficient (Wildman–Crippen LogP) is 7.89. The van der Waals surface area contributed by atoms with Crippen molar-refractivity contribution < 1.29 is 119 Å². The highest BCUT2D eigenvalue weighted by molar-refractivity contribution is 7.12. The molecule has 598 valence electrons. The topological polar surface area (TPSA) is 275 Å². The van der Waals surface area contributed by atoms with Crippen molar-refractivity contribution in [2.24, 2.45) is 17.3 Å². The van der Waals surface area contributed by atoms with E-state index in [0.717, 1.165) is 22.1 Å². The summed E-state index contributed by atoms with van der Waals surface area (Å²) in [5.74, 6) is 0. The second kappa shape index (κ2) is 63.2. The van der Waals surface area contributed by atoms with Crippen molar-refractivity contribution in [2.45, 2.75) is 189 Å². The van der Waals surface area contributed by atoms with E-state index in [1.54, 1.807) is 13.8 Å². The largest absolute Gasteiger partial charge is 0.408 e. The number of benzene rings is 1. The Hall–Kier alpha value is -2.71. The number of ether oxygens (including phenoxy) is 22. The van der Waals surface area contributed by atoms with Crippen LogP contribution in [0.15, 0.2) is 40.0 Å². The van der Waals surface area contributed by atoms with Crippen LogP contribution in [-0.2, 0) is 111 Å². The maximum atomic E-state index is 9.37. The number of aromatic nitrogens is 1. The van der Waals surface area contributed by atoms with Gasteiger partial charge in [-0.1, -0.05) is 0 Å². The quantitative estimate of drug-likeness (QED) is 0.0362. The van der Waals surface area contributed by atoms with Crippen LogP contribution in [0, 0.1) is 6.92 Å². The number of aliphatic hydroxyl groups is 2. The number of aliphatic hydroxyl groups excluding tert-OH is 2. The van der Waals surface area contributed by atoms with Crippen LogP contribution < -0.4 is 9.47 Å². The van der Waals surface area contributed by atoms with Gasteiger partial charge in [0.25, 0.3) is 0 Å². The minimum atomic E-state index is -0.500. The number of azo groups is 1. The number of thiazole rings is 1. The van der Waals surface area contributed by atoms with Crippen LogP contribution in [0.25, 0.3) is 0 Å². The highest BCUT2D eigenvalue weighted by atomic mass is 32.1. The molecule has 2 aromatic rings. The number of anilines is 1. The molecule has 0 aliphatic carbocycles. The fourth-order valence-corrected chi connectivity index (χ4v) is 9.31. The van der Waals surface area contributed by atoms with Gasteiger partial charge in [0.05, 0.1) is 309 Å². The highest BCUT2D eigenvalue weighted by Crippen LogP contribution is 2.27. The van der Waals surface area contributed by atoms with Crippen molar-refractivity contribution in [3.05, 3.63) is 35.3 Å². The zero-order chi connectivity index (χ0) is 74.8. The fourth-order valence-electron chi connectivity index (χ4n) is 8.63. The first-order valence-corrected chi connectivity index (χ1v) is 37.7. The Bertz CT molecular complexity index is 2140. The average molecular weight is 1490 g/mol. The van der Waals surface area contributed by atoms with Crippen molar-refractivity contribution >= 4 is 27.8 Å². The molecule has 2 N–H and O–H groups in total. The van der Waals surface area contributed by atoms with E-state index in [9.17, 15) is 10.2 Å². The normalized spacial score (nSPS) is 16.4. The average Bonchev–Trinajstić information content (AvgIpc) is 1.14. The fraction of sp³-hybridized carbons (Fsp3) is 0.877. The van der Waals surface area contributed by atoms with E-state index < -0.39 is 12.2 Å². The number of hydrogen-bond acceptors (Lipinski definition) is 28. The summed E-state index contributed by atoms with van der Waals surface area (Å²) in [5.41, 5.74) is 2.85. The first-order chi connectivity index (χ1) is 49.1. The van der Waals surface area contributed by atoms with Crippen LogP contribution in [0.1, 0.15) is 102 Å². The number of aryl methyl sites for hydroxylation is 2. The van der Waals surface area contributed by atoms with E-state index in [2.05, 4.69) is 27.3 Å². The van der Waals surface area contributed by atoms with Crippen LogP contribution in [0.5, 0.6) is 0 Å². The lowest BCUT2D eigenvalue weighted by atomic mass is 10.1. The molecule has 0 radical (unpaired) electrons. The van der Waals surface area contributed by atoms with Crippen molar-refractivity contribution in [1.82, 2.24) is 0 Å². The molecular formula is C73H137N4O24S+. The van der Waals surface area contributed by atoms with Crippen LogP contribution >= 0.6 is 11.3 Å². The third kappa shape index (κ3) is 55.7. The molecule has 2 rings (SSSR count). The van der Waals surface area contributed by atoms with Gasteiger partial charge >= 0.3 is 5.13 Å². The van der Waals surface area contributed by atoms with Crippen LogP contribution in [0.3, 0.4) is 0 Å². The molecule has 0 spiro atoms. The molecule has 0 fully saturated rings. The molecule has 1 aromatic heterocycles. The molecule has 0 amide bonds. The molecule has 0 saturated carbocycles. The summed E-state index contributed by atoms with van der Waals surface area (Å²) in [6.07, 6.45) is -0.252. The minimum absolute atomic E-state index is 0.0934.